The van der Waals surface area contributed by atoms with E-state index in [9.17, 15) is 4.79 Å². The van der Waals surface area contributed by atoms with Gasteiger partial charge in [0.15, 0.2) is 0 Å². The van der Waals surface area contributed by atoms with Crippen LogP contribution in [0.25, 0.3) is 0 Å². The highest BCUT2D eigenvalue weighted by Gasteiger charge is 2.30. The molecule has 0 aromatic carbocycles. The van der Waals surface area contributed by atoms with Crippen molar-refractivity contribution in [3.63, 3.8) is 0 Å². The number of carbonyl (C=O) groups is 1. The third-order valence-corrected chi connectivity index (χ3v) is 3.56. The van der Waals surface area contributed by atoms with E-state index in [4.69, 9.17) is 0 Å². The highest BCUT2D eigenvalue weighted by molar-refractivity contribution is 5.92. The van der Waals surface area contributed by atoms with Crippen molar-refractivity contribution < 1.29 is 4.79 Å². The average molecular weight is 248 g/mol. The summed E-state index contributed by atoms with van der Waals surface area (Å²) in [6, 6.07) is 0.569. The number of hydrogen-bond acceptors (Lipinski definition) is 4. The van der Waals surface area contributed by atoms with Crippen LogP contribution in [0.4, 0.5) is 5.82 Å². The molecule has 1 aliphatic heterocycles. The summed E-state index contributed by atoms with van der Waals surface area (Å²) in [6.45, 7) is 4.20. The molecule has 1 saturated heterocycles. The predicted molar refractivity (Wildman–Crippen MR) is 70.5 cm³/mol. The Kier molecular flexibility index (Phi) is 3.79. The van der Waals surface area contributed by atoms with Gasteiger partial charge in [-0.25, -0.2) is 9.97 Å². The molecule has 18 heavy (non-hydrogen) atoms. The molecule has 0 saturated carbocycles. The maximum atomic E-state index is 12.4. The number of likely N-dealkylation sites (tertiary alicyclic amines) is 1. The minimum atomic E-state index is -0.00940. The van der Waals surface area contributed by atoms with Crippen LogP contribution < -0.4 is 5.32 Å². The average Bonchev–Trinajstić information content (AvgIpc) is 2.38. The van der Waals surface area contributed by atoms with Crippen molar-refractivity contribution >= 4 is 11.7 Å². The van der Waals surface area contributed by atoms with E-state index in [2.05, 4.69) is 29.1 Å². The van der Waals surface area contributed by atoms with Crippen molar-refractivity contribution in [2.75, 3.05) is 12.4 Å². The Hall–Kier alpha value is -1.65. The molecule has 0 spiro atoms. The molecule has 2 rings (SSSR count). The van der Waals surface area contributed by atoms with Crippen LogP contribution in [0, 0.1) is 0 Å². The zero-order chi connectivity index (χ0) is 13.1. The number of anilines is 1. The Bertz CT molecular complexity index is 408. The molecule has 5 nitrogen and oxygen atoms in total. The monoisotopic (exact) mass is 248 g/mol. The van der Waals surface area contributed by atoms with Crippen LogP contribution in [-0.2, 0) is 0 Å². The van der Waals surface area contributed by atoms with Gasteiger partial charge in [-0.1, -0.05) is 0 Å². The number of carbonyl (C=O) groups excluding carboxylic acids is 1. The van der Waals surface area contributed by atoms with Gasteiger partial charge in [-0.05, 0) is 33.1 Å². The van der Waals surface area contributed by atoms with Crippen molar-refractivity contribution in [1.82, 2.24) is 14.9 Å². The summed E-state index contributed by atoms with van der Waals surface area (Å²) in [5, 5.41) is 2.89. The normalized spacial score (nSPS) is 23.8. The van der Waals surface area contributed by atoms with Gasteiger partial charge in [-0.3, -0.25) is 4.79 Å². The van der Waals surface area contributed by atoms with Crippen molar-refractivity contribution in [2.45, 2.75) is 45.2 Å². The molecule has 0 aliphatic carbocycles. The van der Waals surface area contributed by atoms with E-state index in [-0.39, 0.29) is 18.0 Å². The lowest BCUT2D eigenvalue weighted by Gasteiger charge is -2.38. The van der Waals surface area contributed by atoms with Crippen LogP contribution in [0.3, 0.4) is 0 Å². The highest BCUT2D eigenvalue weighted by Crippen LogP contribution is 2.24. The molecule has 5 heteroatoms. The van der Waals surface area contributed by atoms with Crippen LogP contribution in [0.5, 0.6) is 0 Å². The molecule has 1 aliphatic rings. The smallest absolute Gasteiger partial charge is 0.274 e. The van der Waals surface area contributed by atoms with E-state index >= 15 is 0 Å². The minimum absolute atomic E-state index is 0.00940. The largest absolute Gasteiger partial charge is 0.372 e. The number of piperidine rings is 1. The Labute approximate surface area is 108 Å². The van der Waals surface area contributed by atoms with E-state index in [0.717, 1.165) is 12.8 Å². The first-order chi connectivity index (χ1) is 8.63. The molecule has 2 unspecified atom stereocenters. The predicted octanol–water partition coefficient (Wildman–Crippen LogP) is 1.92. The van der Waals surface area contributed by atoms with Gasteiger partial charge in [-0.15, -0.1) is 0 Å². The molecule has 1 fully saturated rings. The molecule has 1 amide bonds. The topological polar surface area (TPSA) is 58.1 Å². The Balaban J connectivity index is 2.18. The lowest BCUT2D eigenvalue weighted by molar-refractivity contribution is 0.0504. The fourth-order valence-corrected chi connectivity index (χ4v) is 2.52. The summed E-state index contributed by atoms with van der Waals surface area (Å²) in [5.74, 6) is 0.663. The maximum Gasteiger partial charge on any atom is 0.274 e. The molecule has 1 N–H and O–H groups in total. The molecule has 2 heterocycles. The summed E-state index contributed by atoms with van der Waals surface area (Å²) in [5.41, 5.74) is 0.426. The molecule has 0 radical (unpaired) electrons. The minimum Gasteiger partial charge on any atom is -0.372 e. The van der Waals surface area contributed by atoms with E-state index in [1.165, 1.54) is 6.42 Å². The third-order valence-electron chi connectivity index (χ3n) is 3.56. The van der Waals surface area contributed by atoms with Gasteiger partial charge >= 0.3 is 0 Å². The molecule has 1 aromatic heterocycles. The number of nitrogens with one attached hydrogen (secondary N) is 1. The molecular formula is C13H20N4O. The van der Waals surface area contributed by atoms with Crippen molar-refractivity contribution in [3.8, 4) is 0 Å². The Morgan fingerprint density at radius 2 is 1.94 bits per heavy atom. The fraction of sp³-hybridized carbons (Fsp3) is 0.615. The maximum absolute atomic E-state index is 12.4. The summed E-state index contributed by atoms with van der Waals surface area (Å²) >= 11 is 0. The summed E-state index contributed by atoms with van der Waals surface area (Å²) in [6.07, 6.45) is 6.46. The van der Waals surface area contributed by atoms with Crippen LogP contribution in [0.1, 0.15) is 43.6 Å². The van der Waals surface area contributed by atoms with Crippen molar-refractivity contribution in [3.05, 3.63) is 18.1 Å². The number of aromatic nitrogens is 2. The Morgan fingerprint density at radius 3 is 2.44 bits per heavy atom. The first-order valence-electron chi connectivity index (χ1n) is 6.46. The number of amides is 1. The molecule has 2 atom stereocenters. The zero-order valence-corrected chi connectivity index (χ0v) is 11.2. The van der Waals surface area contributed by atoms with Crippen molar-refractivity contribution in [1.29, 1.82) is 0 Å². The number of rotatable bonds is 2. The molecule has 0 bridgehead atoms. The number of hydrogen-bond donors (Lipinski definition) is 1. The van der Waals surface area contributed by atoms with Crippen molar-refractivity contribution in [2.24, 2.45) is 0 Å². The van der Waals surface area contributed by atoms with E-state index < -0.39 is 0 Å². The summed E-state index contributed by atoms with van der Waals surface area (Å²) < 4.78 is 0. The fourth-order valence-electron chi connectivity index (χ4n) is 2.52. The van der Waals surface area contributed by atoms with Gasteiger partial charge in [0.1, 0.15) is 11.5 Å². The lowest BCUT2D eigenvalue weighted by Crippen LogP contribution is -2.47. The summed E-state index contributed by atoms with van der Waals surface area (Å²) in [4.78, 5) is 22.7. The van der Waals surface area contributed by atoms with Crippen LogP contribution in [-0.4, -0.2) is 39.9 Å². The van der Waals surface area contributed by atoms with E-state index in [0.29, 0.717) is 11.5 Å². The summed E-state index contributed by atoms with van der Waals surface area (Å²) in [7, 11) is 1.78. The first kappa shape index (κ1) is 12.8. The second-order valence-electron chi connectivity index (χ2n) is 4.88. The van der Waals surface area contributed by atoms with Gasteiger partial charge in [0, 0.05) is 19.1 Å². The van der Waals surface area contributed by atoms with Crippen LogP contribution in [0.15, 0.2) is 12.4 Å². The SMILES string of the molecule is CNc1cnc(C(=O)N2C(C)CCCC2C)cn1. The Morgan fingerprint density at radius 1 is 1.28 bits per heavy atom. The highest BCUT2D eigenvalue weighted by atomic mass is 16.2. The second-order valence-corrected chi connectivity index (χ2v) is 4.88. The van der Waals surface area contributed by atoms with Gasteiger partial charge in [0.2, 0.25) is 0 Å². The number of nitrogens with zero attached hydrogens (tertiary/aromatic N) is 3. The lowest BCUT2D eigenvalue weighted by atomic mass is 9.97. The molecule has 98 valence electrons. The standard InChI is InChI=1S/C13H20N4O/c1-9-5-4-6-10(2)17(9)13(18)11-7-16-12(14-3)8-15-11/h7-10H,4-6H2,1-3H3,(H,14,16). The van der Waals surface area contributed by atoms with Gasteiger partial charge in [0.25, 0.3) is 5.91 Å². The quantitative estimate of drug-likeness (QED) is 0.868. The zero-order valence-electron chi connectivity index (χ0n) is 11.2. The molecular weight excluding hydrogens is 228 g/mol. The van der Waals surface area contributed by atoms with E-state index in [1.807, 2.05) is 4.90 Å². The van der Waals surface area contributed by atoms with Gasteiger partial charge in [0.05, 0.1) is 12.4 Å². The first-order valence-corrected chi connectivity index (χ1v) is 6.46. The van der Waals surface area contributed by atoms with Crippen LogP contribution >= 0.6 is 0 Å². The third kappa shape index (κ3) is 2.44. The van der Waals surface area contributed by atoms with Crippen LogP contribution in [0.2, 0.25) is 0 Å². The second kappa shape index (κ2) is 5.33. The molecule has 1 aromatic rings. The van der Waals surface area contributed by atoms with Gasteiger partial charge in [-0.2, -0.15) is 0 Å². The van der Waals surface area contributed by atoms with Gasteiger partial charge < -0.3 is 10.2 Å². The van der Waals surface area contributed by atoms with E-state index in [1.54, 1.807) is 19.4 Å².